The van der Waals surface area contributed by atoms with E-state index in [9.17, 15) is 0 Å². The zero-order chi connectivity index (χ0) is 11.3. The molecule has 15 heavy (non-hydrogen) atoms. The maximum absolute atomic E-state index is 5.20. The Morgan fingerprint density at radius 3 is 2.60 bits per heavy atom. The van der Waals surface area contributed by atoms with Gasteiger partial charge in [0.1, 0.15) is 0 Å². The molecule has 0 spiro atoms. The molecule has 3 heteroatoms. The minimum absolute atomic E-state index is 0.501. The van der Waals surface area contributed by atoms with Crippen molar-refractivity contribution in [1.29, 1.82) is 0 Å². The van der Waals surface area contributed by atoms with Gasteiger partial charge in [0, 0.05) is 31.8 Å². The van der Waals surface area contributed by atoms with E-state index in [0.29, 0.717) is 12.1 Å². The summed E-state index contributed by atoms with van der Waals surface area (Å²) in [5, 5.41) is 3.60. The first kappa shape index (κ1) is 12.9. The molecule has 0 aromatic rings. The molecule has 0 bridgehead atoms. The highest BCUT2D eigenvalue weighted by molar-refractivity contribution is 4.84. The second-order valence-electron chi connectivity index (χ2n) is 4.71. The lowest BCUT2D eigenvalue weighted by Crippen LogP contribution is -2.46. The summed E-state index contributed by atoms with van der Waals surface area (Å²) in [4.78, 5) is 2.43. The van der Waals surface area contributed by atoms with Crippen molar-refractivity contribution in [2.24, 2.45) is 0 Å². The van der Waals surface area contributed by atoms with Gasteiger partial charge in [-0.25, -0.2) is 0 Å². The average molecular weight is 214 g/mol. The Balaban J connectivity index is 2.26. The predicted octanol–water partition coefficient (Wildman–Crippen LogP) is 1.48. The molecule has 0 aliphatic heterocycles. The van der Waals surface area contributed by atoms with Crippen LogP contribution in [-0.2, 0) is 4.74 Å². The fourth-order valence-corrected chi connectivity index (χ4v) is 1.89. The van der Waals surface area contributed by atoms with Crippen molar-refractivity contribution < 1.29 is 4.74 Å². The number of likely N-dealkylation sites (N-methyl/N-ethyl adjacent to an activating group) is 1. The Hall–Kier alpha value is -0.120. The van der Waals surface area contributed by atoms with E-state index in [1.807, 2.05) is 0 Å². The number of hydrogen-bond donors (Lipinski definition) is 1. The summed E-state index contributed by atoms with van der Waals surface area (Å²) >= 11 is 0. The normalized spacial score (nSPS) is 20.6. The minimum Gasteiger partial charge on any atom is -0.383 e. The van der Waals surface area contributed by atoms with Gasteiger partial charge in [0.05, 0.1) is 6.61 Å². The molecule has 1 saturated carbocycles. The van der Waals surface area contributed by atoms with Gasteiger partial charge in [0.15, 0.2) is 0 Å². The summed E-state index contributed by atoms with van der Waals surface area (Å²) in [7, 11) is 3.97. The molecular formula is C12H26N2O. The van der Waals surface area contributed by atoms with E-state index in [1.54, 1.807) is 7.11 Å². The molecule has 0 amide bonds. The van der Waals surface area contributed by atoms with Crippen LogP contribution in [0.4, 0.5) is 0 Å². The fourth-order valence-electron chi connectivity index (χ4n) is 1.89. The number of methoxy groups -OCH3 is 1. The molecule has 2 atom stereocenters. The summed E-state index contributed by atoms with van der Waals surface area (Å²) < 4.78 is 5.20. The third-order valence-electron chi connectivity index (χ3n) is 3.37. The predicted molar refractivity (Wildman–Crippen MR) is 64.2 cm³/mol. The van der Waals surface area contributed by atoms with Gasteiger partial charge < -0.3 is 10.1 Å². The van der Waals surface area contributed by atoms with Gasteiger partial charge in [-0.1, -0.05) is 6.92 Å². The van der Waals surface area contributed by atoms with Gasteiger partial charge >= 0.3 is 0 Å². The summed E-state index contributed by atoms with van der Waals surface area (Å²) in [6.45, 7) is 6.42. The van der Waals surface area contributed by atoms with Crippen molar-refractivity contribution in [3.63, 3.8) is 0 Å². The Morgan fingerprint density at radius 2 is 2.13 bits per heavy atom. The van der Waals surface area contributed by atoms with Crippen LogP contribution in [0.25, 0.3) is 0 Å². The topological polar surface area (TPSA) is 24.5 Å². The number of nitrogens with one attached hydrogen (secondary N) is 1. The summed E-state index contributed by atoms with van der Waals surface area (Å²) in [5.74, 6) is 0. The van der Waals surface area contributed by atoms with Crippen LogP contribution in [-0.4, -0.2) is 50.3 Å². The van der Waals surface area contributed by atoms with E-state index in [0.717, 1.165) is 19.2 Å². The second kappa shape index (κ2) is 6.46. The SMILES string of the molecule is CCC(CNC1CC1)N(C)C(C)COC. The third-order valence-corrected chi connectivity index (χ3v) is 3.37. The summed E-state index contributed by atoms with van der Waals surface area (Å²) in [5.41, 5.74) is 0. The van der Waals surface area contributed by atoms with E-state index in [4.69, 9.17) is 4.74 Å². The molecule has 0 saturated heterocycles. The monoisotopic (exact) mass is 214 g/mol. The van der Waals surface area contributed by atoms with Crippen LogP contribution in [0.1, 0.15) is 33.1 Å². The van der Waals surface area contributed by atoms with Gasteiger partial charge in [-0.15, -0.1) is 0 Å². The molecule has 0 heterocycles. The van der Waals surface area contributed by atoms with Crippen molar-refractivity contribution in [2.75, 3.05) is 27.3 Å². The molecule has 1 N–H and O–H groups in total. The Labute approximate surface area is 94.2 Å². The van der Waals surface area contributed by atoms with Crippen LogP contribution < -0.4 is 5.32 Å². The summed E-state index contributed by atoms with van der Waals surface area (Å²) in [6, 6.07) is 1.95. The van der Waals surface area contributed by atoms with E-state index >= 15 is 0 Å². The highest BCUT2D eigenvalue weighted by Gasteiger charge is 2.24. The standard InChI is InChI=1S/C12H26N2O/c1-5-12(8-13-11-6-7-11)14(3)10(2)9-15-4/h10-13H,5-9H2,1-4H3. The molecular weight excluding hydrogens is 188 g/mol. The molecule has 0 radical (unpaired) electrons. The Bertz CT molecular complexity index is 171. The molecule has 0 aromatic heterocycles. The first-order valence-electron chi connectivity index (χ1n) is 6.13. The Morgan fingerprint density at radius 1 is 1.47 bits per heavy atom. The van der Waals surface area contributed by atoms with E-state index in [2.05, 4.69) is 31.1 Å². The molecule has 1 fully saturated rings. The van der Waals surface area contributed by atoms with Crippen molar-refractivity contribution in [2.45, 2.75) is 51.2 Å². The zero-order valence-corrected chi connectivity index (χ0v) is 10.6. The lowest BCUT2D eigenvalue weighted by molar-refractivity contribution is 0.0870. The van der Waals surface area contributed by atoms with Crippen LogP contribution >= 0.6 is 0 Å². The molecule has 1 aliphatic carbocycles. The first-order valence-corrected chi connectivity index (χ1v) is 6.13. The van der Waals surface area contributed by atoms with E-state index < -0.39 is 0 Å². The molecule has 3 nitrogen and oxygen atoms in total. The molecule has 2 unspecified atom stereocenters. The smallest absolute Gasteiger partial charge is 0.0615 e. The van der Waals surface area contributed by atoms with Crippen LogP contribution in [0, 0.1) is 0 Å². The molecule has 0 aromatic carbocycles. The van der Waals surface area contributed by atoms with E-state index in [-0.39, 0.29) is 0 Å². The van der Waals surface area contributed by atoms with E-state index in [1.165, 1.54) is 19.3 Å². The van der Waals surface area contributed by atoms with Gasteiger partial charge in [-0.3, -0.25) is 4.90 Å². The van der Waals surface area contributed by atoms with Crippen LogP contribution in [0.5, 0.6) is 0 Å². The van der Waals surface area contributed by atoms with Gasteiger partial charge in [-0.2, -0.15) is 0 Å². The van der Waals surface area contributed by atoms with Gasteiger partial charge in [0.25, 0.3) is 0 Å². The van der Waals surface area contributed by atoms with Crippen LogP contribution in [0.2, 0.25) is 0 Å². The fraction of sp³-hybridized carbons (Fsp3) is 1.00. The number of nitrogens with zero attached hydrogens (tertiary/aromatic N) is 1. The summed E-state index contributed by atoms with van der Waals surface area (Å²) in [6.07, 6.45) is 3.94. The van der Waals surface area contributed by atoms with Gasteiger partial charge in [-0.05, 0) is 33.2 Å². The van der Waals surface area contributed by atoms with Crippen LogP contribution in [0.15, 0.2) is 0 Å². The van der Waals surface area contributed by atoms with Gasteiger partial charge in [0.2, 0.25) is 0 Å². The maximum atomic E-state index is 5.20. The Kier molecular flexibility index (Phi) is 5.58. The molecule has 90 valence electrons. The molecule has 1 aliphatic rings. The zero-order valence-electron chi connectivity index (χ0n) is 10.6. The lowest BCUT2D eigenvalue weighted by atomic mass is 10.1. The number of hydrogen-bond acceptors (Lipinski definition) is 3. The van der Waals surface area contributed by atoms with Crippen LogP contribution in [0.3, 0.4) is 0 Å². The van der Waals surface area contributed by atoms with Crippen molar-refractivity contribution in [3.8, 4) is 0 Å². The first-order chi connectivity index (χ1) is 7.19. The largest absolute Gasteiger partial charge is 0.383 e. The number of rotatable bonds is 8. The quantitative estimate of drug-likeness (QED) is 0.662. The van der Waals surface area contributed by atoms with Crippen molar-refractivity contribution in [3.05, 3.63) is 0 Å². The molecule has 1 rings (SSSR count). The third kappa shape index (κ3) is 4.49. The number of ether oxygens (including phenoxy) is 1. The van der Waals surface area contributed by atoms with Crippen molar-refractivity contribution >= 4 is 0 Å². The minimum atomic E-state index is 0.501. The highest BCUT2D eigenvalue weighted by atomic mass is 16.5. The maximum Gasteiger partial charge on any atom is 0.0615 e. The lowest BCUT2D eigenvalue weighted by Gasteiger charge is -2.32. The van der Waals surface area contributed by atoms with Crippen molar-refractivity contribution in [1.82, 2.24) is 10.2 Å². The average Bonchev–Trinajstić information content (AvgIpc) is 3.02. The highest BCUT2D eigenvalue weighted by Crippen LogP contribution is 2.19. The second-order valence-corrected chi connectivity index (χ2v) is 4.71.